The summed E-state index contributed by atoms with van der Waals surface area (Å²) in [5.74, 6) is -0.902. The Balaban J connectivity index is 2.11. The molecule has 1 saturated heterocycles. The van der Waals surface area contributed by atoms with Crippen LogP contribution in [0, 0.1) is 19.8 Å². The summed E-state index contributed by atoms with van der Waals surface area (Å²) in [5.41, 5.74) is 1.33. The monoisotopic (exact) mass is 323 g/mol. The van der Waals surface area contributed by atoms with Crippen molar-refractivity contribution in [2.45, 2.75) is 52.6 Å². The normalized spacial score (nSPS) is 20.9. The van der Waals surface area contributed by atoms with Crippen molar-refractivity contribution in [2.24, 2.45) is 5.92 Å². The van der Waals surface area contributed by atoms with Gasteiger partial charge in [0.15, 0.2) is 5.54 Å². The van der Waals surface area contributed by atoms with Crippen molar-refractivity contribution < 1.29 is 19.4 Å². The van der Waals surface area contributed by atoms with E-state index in [0.29, 0.717) is 18.9 Å². The van der Waals surface area contributed by atoms with Gasteiger partial charge in [-0.05, 0) is 19.8 Å². The molecule has 128 valence electrons. The van der Waals surface area contributed by atoms with Crippen LogP contribution in [0.4, 0.5) is 0 Å². The van der Waals surface area contributed by atoms with Gasteiger partial charge in [-0.25, -0.2) is 4.79 Å². The molecule has 1 fully saturated rings. The smallest absolute Gasteiger partial charge is 0.331 e. The summed E-state index contributed by atoms with van der Waals surface area (Å²) in [6, 6.07) is 0. The van der Waals surface area contributed by atoms with Gasteiger partial charge in [0.1, 0.15) is 0 Å². The Labute approximate surface area is 136 Å². The van der Waals surface area contributed by atoms with Gasteiger partial charge in [-0.2, -0.15) is 5.10 Å². The number of amides is 1. The molecule has 1 amide bonds. The first-order valence-corrected chi connectivity index (χ1v) is 7.90. The average molecular weight is 323 g/mol. The van der Waals surface area contributed by atoms with Crippen molar-refractivity contribution in [2.75, 3.05) is 13.2 Å². The molecule has 0 bridgehead atoms. The molecular weight excluding hydrogens is 298 g/mol. The fourth-order valence-corrected chi connectivity index (χ4v) is 2.87. The lowest BCUT2D eigenvalue weighted by molar-refractivity contribution is -0.147. The van der Waals surface area contributed by atoms with Crippen molar-refractivity contribution in [3.05, 3.63) is 17.0 Å². The van der Waals surface area contributed by atoms with Gasteiger partial charge in [0.2, 0.25) is 5.91 Å². The number of rotatable bonds is 6. The number of hydrogen-bond acceptors (Lipinski definition) is 4. The van der Waals surface area contributed by atoms with Gasteiger partial charge in [0, 0.05) is 30.8 Å². The Morgan fingerprint density at radius 3 is 2.65 bits per heavy atom. The standard InChI is InChI=1S/C16H25N3O4/c1-10(2)8-19-12(4)13(11(3)18-19)7-14(20)17-16(15(21)22)5-6-23-9-16/h10H,5-9H2,1-4H3,(H,17,20)(H,21,22). The molecule has 0 spiro atoms. The zero-order chi connectivity index (χ0) is 17.2. The summed E-state index contributed by atoms with van der Waals surface area (Å²) in [7, 11) is 0. The summed E-state index contributed by atoms with van der Waals surface area (Å²) in [4.78, 5) is 23.8. The highest BCUT2D eigenvalue weighted by Gasteiger charge is 2.43. The van der Waals surface area contributed by atoms with Crippen LogP contribution in [0.25, 0.3) is 0 Å². The number of aryl methyl sites for hydroxylation is 1. The lowest BCUT2D eigenvalue weighted by atomic mass is 9.98. The van der Waals surface area contributed by atoms with Gasteiger partial charge < -0.3 is 15.2 Å². The van der Waals surface area contributed by atoms with Gasteiger partial charge in [-0.3, -0.25) is 9.48 Å². The van der Waals surface area contributed by atoms with E-state index in [1.165, 1.54) is 0 Å². The molecular formula is C16H25N3O4. The summed E-state index contributed by atoms with van der Waals surface area (Å²) in [5, 5.41) is 16.5. The average Bonchev–Trinajstić information content (AvgIpc) is 3.00. The summed E-state index contributed by atoms with van der Waals surface area (Å²) in [6.07, 6.45) is 0.420. The maximum Gasteiger partial charge on any atom is 0.331 e. The van der Waals surface area contributed by atoms with E-state index in [2.05, 4.69) is 24.3 Å². The molecule has 2 rings (SSSR count). The van der Waals surface area contributed by atoms with Crippen LogP contribution in [0.1, 0.15) is 37.2 Å². The van der Waals surface area contributed by atoms with E-state index in [1.54, 1.807) is 0 Å². The summed E-state index contributed by atoms with van der Waals surface area (Å²) >= 11 is 0. The number of carboxylic acid groups (broad SMARTS) is 1. The SMILES string of the molecule is Cc1nn(CC(C)C)c(C)c1CC(=O)NC1(C(=O)O)CCOC1. The molecule has 0 aliphatic carbocycles. The Morgan fingerprint density at radius 2 is 2.13 bits per heavy atom. The molecule has 0 radical (unpaired) electrons. The molecule has 23 heavy (non-hydrogen) atoms. The minimum absolute atomic E-state index is 0.0125. The first kappa shape index (κ1) is 17.5. The number of hydrogen-bond donors (Lipinski definition) is 2. The Bertz CT molecular complexity index is 601. The lowest BCUT2D eigenvalue weighted by Gasteiger charge is -2.23. The fourth-order valence-electron chi connectivity index (χ4n) is 2.87. The van der Waals surface area contributed by atoms with Crippen LogP contribution in [-0.2, 0) is 27.3 Å². The molecule has 7 nitrogen and oxygen atoms in total. The minimum atomic E-state index is -1.30. The first-order chi connectivity index (χ1) is 10.7. The van der Waals surface area contributed by atoms with Crippen LogP contribution in [0.2, 0.25) is 0 Å². The van der Waals surface area contributed by atoms with E-state index in [-0.39, 0.29) is 18.9 Å². The highest BCUT2D eigenvalue weighted by atomic mass is 16.5. The molecule has 2 heterocycles. The largest absolute Gasteiger partial charge is 0.479 e. The topological polar surface area (TPSA) is 93.5 Å². The maximum absolute atomic E-state index is 12.3. The highest BCUT2D eigenvalue weighted by Crippen LogP contribution is 2.20. The first-order valence-electron chi connectivity index (χ1n) is 7.90. The zero-order valence-electron chi connectivity index (χ0n) is 14.2. The minimum Gasteiger partial charge on any atom is -0.479 e. The van der Waals surface area contributed by atoms with Gasteiger partial charge in [0.05, 0.1) is 18.7 Å². The maximum atomic E-state index is 12.3. The van der Waals surface area contributed by atoms with Crippen LogP contribution in [0.15, 0.2) is 0 Å². The Kier molecular flexibility index (Phi) is 5.09. The van der Waals surface area contributed by atoms with Gasteiger partial charge in [-0.15, -0.1) is 0 Å². The van der Waals surface area contributed by atoms with Crippen LogP contribution in [0.3, 0.4) is 0 Å². The number of carbonyl (C=O) groups is 2. The third-order valence-corrected chi connectivity index (χ3v) is 4.22. The van der Waals surface area contributed by atoms with E-state index in [0.717, 1.165) is 23.5 Å². The van der Waals surface area contributed by atoms with E-state index in [4.69, 9.17) is 4.74 Å². The van der Waals surface area contributed by atoms with E-state index in [9.17, 15) is 14.7 Å². The molecule has 7 heteroatoms. The zero-order valence-corrected chi connectivity index (χ0v) is 14.2. The van der Waals surface area contributed by atoms with Crippen LogP contribution < -0.4 is 5.32 Å². The molecule has 2 N–H and O–H groups in total. The quantitative estimate of drug-likeness (QED) is 0.816. The van der Waals surface area contributed by atoms with Crippen LogP contribution >= 0.6 is 0 Å². The fraction of sp³-hybridized carbons (Fsp3) is 0.688. The molecule has 1 atom stereocenters. The van der Waals surface area contributed by atoms with E-state index >= 15 is 0 Å². The molecule has 0 aromatic carbocycles. The second-order valence-electron chi connectivity index (χ2n) is 6.64. The predicted molar refractivity (Wildman–Crippen MR) is 84.2 cm³/mol. The number of ether oxygens (including phenoxy) is 1. The summed E-state index contributed by atoms with van der Waals surface area (Å²) < 4.78 is 7.07. The van der Waals surface area contributed by atoms with Gasteiger partial charge >= 0.3 is 5.97 Å². The lowest BCUT2D eigenvalue weighted by Crippen LogP contribution is -2.55. The third-order valence-electron chi connectivity index (χ3n) is 4.22. The Hall–Kier alpha value is -1.89. The van der Waals surface area contributed by atoms with Gasteiger partial charge in [0.25, 0.3) is 0 Å². The van der Waals surface area contributed by atoms with E-state index in [1.807, 2.05) is 18.5 Å². The molecule has 1 unspecified atom stereocenters. The number of nitrogens with zero attached hydrogens (tertiary/aromatic N) is 2. The van der Waals surface area contributed by atoms with Crippen LogP contribution in [0.5, 0.6) is 0 Å². The van der Waals surface area contributed by atoms with Gasteiger partial charge in [-0.1, -0.05) is 13.8 Å². The van der Waals surface area contributed by atoms with Crippen molar-refractivity contribution in [3.8, 4) is 0 Å². The van der Waals surface area contributed by atoms with Crippen molar-refractivity contribution in [3.63, 3.8) is 0 Å². The number of carboxylic acids is 1. The van der Waals surface area contributed by atoms with Crippen LogP contribution in [-0.4, -0.2) is 45.5 Å². The summed E-state index contributed by atoms with van der Waals surface area (Å²) in [6.45, 7) is 9.19. The van der Waals surface area contributed by atoms with Crippen molar-refractivity contribution in [1.82, 2.24) is 15.1 Å². The number of carbonyl (C=O) groups excluding carboxylic acids is 1. The van der Waals surface area contributed by atoms with Crippen molar-refractivity contribution in [1.29, 1.82) is 0 Å². The second-order valence-corrected chi connectivity index (χ2v) is 6.64. The molecule has 1 aromatic rings. The highest BCUT2D eigenvalue weighted by molar-refractivity contribution is 5.88. The molecule has 1 aliphatic rings. The molecule has 1 aliphatic heterocycles. The van der Waals surface area contributed by atoms with Crippen molar-refractivity contribution >= 4 is 11.9 Å². The molecule has 0 saturated carbocycles. The van der Waals surface area contributed by atoms with E-state index < -0.39 is 11.5 Å². The second kappa shape index (κ2) is 6.70. The molecule has 1 aromatic heterocycles. The number of nitrogens with one attached hydrogen (secondary N) is 1. The Morgan fingerprint density at radius 1 is 1.43 bits per heavy atom. The number of aromatic nitrogens is 2. The number of aliphatic carboxylic acids is 1. The predicted octanol–water partition coefficient (Wildman–Crippen LogP) is 1.06. The third kappa shape index (κ3) is 3.72.